The quantitative estimate of drug-likeness (QED) is 0.525. The monoisotopic (exact) mass is 432 g/mol. The SMILES string of the molecule is O=C(O)C(F)(F)F.O=C(O)C1(C(=O)N2CCC3C(CCCN3C3CC3)C2)CC=CC1. The van der Waals surface area contributed by atoms with E-state index in [1.807, 2.05) is 17.1 Å². The zero-order valence-electron chi connectivity index (χ0n) is 16.6. The van der Waals surface area contributed by atoms with E-state index in [-0.39, 0.29) is 5.91 Å². The van der Waals surface area contributed by atoms with Crippen LogP contribution < -0.4 is 0 Å². The largest absolute Gasteiger partial charge is 0.490 e. The fourth-order valence-electron chi connectivity index (χ4n) is 4.88. The Morgan fingerprint density at radius 3 is 2.07 bits per heavy atom. The van der Waals surface area contributed by atoms with Gasteiger partial charge in [-0.2, -0.15) is 13.2 Å². The lowest BCUT2D eigenvalue weighted by Gasteiger charge is -2.48. The first-order valence-electron chi connectivity index (χ1n) is 10.3. The number of carbonyl (C=O) groups excluding carboxylic acids is 1. The van der Waals surface area contributed by atoms with Gasteiger partial charge in [0.05, 0.1) is 0 Å². The van der Waals surface area contributed by atoms with Crippen molar-refractivity contribution in [2.45, 2.75) is 63.2 Å². The Labute approximate surface area is 172 Å². The first kappa shape index (κ1) is 22.6. The summed E-state index contributed by atoms with van der Waals surface area (Å²) in [4.78, 5) is 38.1. The highest BCUT2D eigenvalue weighted by molar-refractivity contribution is 6.02. The van der Waals surface area contributed by atoms with Crippen molar-refractivity contribution in [3.05, 3.63) is 12.2 Å². The third-order valence-electron chi connectivity index (χ3n) is 6.57. The number of hydrogen-bond donors (Lipinski definition) is 2. The predicted octanol–water partition coefficient (Wildman–Crippen LogP) is 2.52. The highest BCUT2D eigenvalue weighted by atomic mass is 19.4. The second-order valence-electron chi connectivity index (χ2n) is 8.55. The van der Waals surface area contributed by atoms with Gasteiger partial charge in [0.2, 0.25) is 5.91 Å². The lowest BCUT2D eigenvalue weighted by atomic mass is 9.80. The number of amides is 1. The lowest BCUT2D eigenvalue weighted by molar-refractivity contribution is -0.192. The first-order valence-corrected chi connectivity index (χ1v) is 10.3. The number of nitrogens with zero attached hydrogens (tertiary/aromatic N) is 2. The number of fused-ring (bicyclic) bond motifs is 1. The molecule has 4 aliphatic rings. The molecule has 0 bridgehead atoms. The van der Waals surface area contributed by atoms with Gasteiger partial charge in [0.1, 0.15) is 0 Å². The van der Waals surface area contributed by atoms with Gasteiger partial charge in [-0.15, -0.1) is 0 Å². The minimum atomic E-state index is -5.08. The number of hydrogen-bond acceptors (Lipinski definition) is 4. The molecule has 7 nitrogen and oxygen atoms in total. The Kier molecular flexibility index (Phi) is 6.45. The summed E-state index contributed by atoms with van der Waals surface area (Å²) in [5.41, 5.74) is -1.22. The van der Waals surface area contributed by atoms with Gasteiger partial charge in [-0.3, -0.25) is 14.5 Å². The van der Waals surface area contributed by atoms with Gasteiger partial charge in [0.25, 0.3) is 0 Å². The van der Waals surface area contributed by atoms with Crippen molar-refractivity contribution in [3.8, 4) is 0 Å². The van der Waals surface area contributed by atoms with Crippen molar-refractivity contribution in [2.75, 3.05) is 19.6 Å². The molecule has 2 N–H and O–H groups in total. The van der Waals surface area contributed by atoms with Crippen molar-refractivity contribution < 1.29 is 37.8 Å². The van der Waals surface area contributed by atoms with Crippen molar-refractivity contribution in [2.24, 2.45) is 11.3 Å². The summed E-state index contributed by atoms with van der Waals surface area (Å²) in [7, 11) is 0. The summed E-state index contributed by atoms with van der Waals surface area (Å²) in [6, 6.07) is 1.40. The lowest BCUT2D eigenvalue weighted by Crippen LogP contribution is -2.58. The van der Waals surface area contributed by atoms with Crippen LogP contribution in [0.4, 0.5) is 13.2 Å². The number of carboxylic acid groups (broad SMARTS) is 2. The maximum Gasteiger partial charge on any atom is 0.490 e. The predicted molar refractivity (Wildman–Crippen MR) is 99.6 cm³/mol. The molecule has 1 saturated carbocycles. The van der Waals surface area contributed by atoms with Crippen molar-refractivity contribution in [1.82, 2.24) is 9.80 Å². The third kappa shape index (κ3) is 4.63. The van der Waals surface area contributed by atoms with Gasteiger partial charge in [0.15, 0.2) is 5.41 Å². The maximum atomic E-state index is 13.0. The van der Waals surface area contributed by atoms with Crippen molar-refractivity contribution in [1.29, 1.82) is 0 Å². The molecule has 3 fully saturated rings. The molecule has 0 spiro atoms. The van der Waals surface area contributed by atoms with Gasteiger partial charge in [-0.25, -0.2) is 4.79 Å². The number of alkyl halides is 3. The molecular weight excluding hydrogens is 405 g/mol. The van der Waals surface area contributed by atoms with Gasteiger partial charge in [0, 0.05) is 25.2 Å². The number of aliphatic carboxylic acids is 2. The van der Waals surface area contributed by atoms with Crippen LogP contribution in [-0.2, 0) is 14.4 Å². The average molecular weight is 432 g/mol. The van der Waals surface area contributed by atoms with Crippen LogP contribution in [0.2, 0.25) is 0 Å². The number of halogens is 3. The summed E-state index contributed by atoms with van der Waals surface area (Å²) in [5, 5.41) is 16.7. The second kappa shape index (κ2) is 8.56. The van der Waals surface area contributed by atoms with Crippen molar-refractivity contribution in [3.63, 3.8) is 0 Å². The Balaban J connectivity index is 0.000000318. The Hall–Kier alpha value is -2.10. The van der Waals surface area contributed by atoms with E-state index in [0.29, 0.717) is 24.8 Å². The molecule has 2 atom stereocenters. The van der Waals surface area contributed by atoms with E-state index in [0.717, 1.165) is 25.6 Å². The fraction of sp³-hybridized carbons (Fsp3) is 0.750. The second-order valence-corrected chi connectivity index (χ2v) is 8.55. The van der Waals surface area contributed by atoms with E-state index < -0.39 is 23.5 Å². The summed E-state index contributed by atoms with van der Waals surface area (Å²) < 4.78 is 31.7. The molecule has 2 saturated heterocycles. The van der Waals surface area contributed by atoms with Gasteiger partial charge in [-0.05, 0) is 57.4 Å². The molecule has 10 heteroatoms. The number of likely N-dealkylation sites (tertiary alicyclic amines) is 2. The number of allylic oxidation sites excluding steroid dienone is 2. The van der Waals surface area contributed by atoms with E-state index >= 15 is 0 Å². The highest BCUT2D eigenvalue weighted by Gasteiger charge is 2.51. The van der Waals surface area contributed by atoms with E-state index in [9.17, 15) is 27.9 Å². The molecule has 0 aromatic rings. The molecule has 2 unspecified atom stereocenters. The maximum absolute atomic E-state index is 13.0. The first-order chi connectivity index (χ1) is 14.1. The van der Waals surface area contributed by atoms with Crippen LogP contribution in [0.1, 0.15) is 44.9 Å². The third-order valence-corrected chi connectivity index (χ3v) is 6.57. The van der Waals surface area contributed by atoms with Crippen LogP contribution in [0.15, 0.2) is 12.2 Å². The van der Waals surface area contributed by atoms with E-state index in [1.165, 1.54) is 32.2 Å². The molecular formula is C20H27F3N2O5. The topological polar surface area (TPSA) is 98.1 Å². The number of rotatable bonds is 3. The number of carboxylic acids is 2. The highest BCUT2D eigenvalue weighted by Crippen LogP contribution is 2.41. The molecule has 1 amide bonds. The summed E-state index contributed by atoms with van der Waals surface area (Å²) in [6.45, 7) is 2.68. The van der Waals surface area contributed by atoms with Crippen LogP contribution in [0, 0.1) is 11.3 Å². The van der Waals surface area contributed by atoms with E-state index in [1.54, 1.807) is 0 Å². The minimum absolute atomic E-state index is 0.156. The molecule has 30 heavy (non-hydrogen) atoms. The van der Waals surface area contributed by atoms with E-state index in [2.05, 4.69) is 4.90 Å². The molecule has 4 rings (SSSR count). The van der Waals surface area contributed by atoms with Crippen LogP contribution in [0.3, 0.4) is 0 Å². The Bertz CT molecular complexity index is 712. The van der Waals surface area contributed by atoms with Gasteiger partial charge in [-0.1, -0.05) is 12.2 Å². The summed E-state index contributed by atoms with van der Waals surface area (Å²) in [6.07, 6.45) is 5.36. The van der Waals surface area contributed by atoms with Gasteiger partial charge >= 0.3 is 18.1 Å². The zero-order chi connectivity index (χ0) is 22.1. The molecule has 2 aliphatic carbocycles. The fourth-order valence-corrected chi connectivity index (χ4v) is 4.88. The van der Waals surface area contributed by atoms with Crippen LogP contribution >= 0.6 is 0 Å². The number of carbonyl (C=O) groups is 3. The molecule has 168 valence electrons. The number of piperidine rings is 2. The van der Waals surface area contributed by atoms with Crippen LogP contribution in [0.5, 0.6) is 0 Å². The molecule has 0 aromatic carbocycles. The minimum Gasteiger partial charge on any atom is -0.480 e. The van der Waals surface area contributed by atoms with Crippen molar-refractivity contribution >= 4 is 17.8 Å². The Morgan fingerprint density at radius 2 is 1.57 bits per heavy atom. The van der Waals surface area contributed by atoms with Crippen LogP contribution in [-0.4, -0.2) is 75.8 Å². The van der Waals surface area contributed by atoms with Crippen LogP contribution in [0.25, 0.3) is 0 Å². The standard InChI is InChI=1S/C18H26N2O3.C2HF3O2/c21-16(18(17(22)23)8-1-2-9-18)19-11-7-15-13(12-19)4-3-10-20(15)14-5-6-14;3-2(4,5)1(6)7/h1-2,13-15H,3-12H2,(H,22,23);(H,6,7). The molecule has 0 aromatic heterocycles. The molecule has 0 radical (unpaired) electrons. The summed E-state index contributed by atoms with van der Waals surface area (Å²) >= 11 is 0. The van der Waals surface area contributed by atoms with E-state index in [4.69, 9.17) is 9.90 Å². The summed E-state index contributed by atoms with van der Waals surface area (Å²) in [5.74, 6) is -3.34. The molecule has 2 aliphatic heterocycles. The van der Waals surface area contributed by atoms with Gasteiger partial charge < -0.3 is 15.1 Å². The Morgan fingerprint density at radius 1 is 0.967 bits per heavy atom. The zero-order valence-corrected chi connectivity index (χ0v) is 16.6. The molecule has 2 heterocycles. The normalized spacial score (nSPS) is 28.3. The average Bonchev–Trinajstić information content (AvgIpc) is 3.41. The smallest absolute Gasteiger partial charge is 0.480 e.